The summed E-state index contributed by atoms with van der Waals surface area (Å²) < 4.78 is 4.95. The van der Waals surface area contributed by atoms with Crippen molar-refractivity contribution in [2.24, 2.45) is 5.92 Å². The predicted octanol–water partition coefficient (Wildman–Crippen LogP) is -0.535. The summed E-state index contributed by atoms with van der Waals surface area (Å²) in [7, 11) is 5.95. The minimum absolute atomic E-state index is 0.296. The van der Waals surface area contributed by atoms with Crippen LogP contribution in [-0.4, -0.2) is 87.6 Å². The van der Waals surface area contributed by atoms with Gasteiger partial charge < -0.3 is 20.1 Å². The van der Waals surface area contributed by atoms with Crippen LogP contribution in [-0.2, 0) is 4.74 Å². The molecular weight excluding hydrogens is 230 g/mol. The summed E-state index contributed by atoms with van der Waals surface area (Å²) in [6.07, 6.45) is -0.296. The Morgan fingerprint density at radius 3 is 2.72 bits per heavy atom. The van der Waals surface area contributed by atoms with E-state index in [1.54, 1.807) is 7.11 Å². The second-order valence-electron chi connectivity index (χ2n) is 5.58. The second kappa shape index (κ2) is 8.07. The van der Waals surface area contributed by atoms with Gasteiger partial charge in [-0.05, 0) is 20.0 Å². The summed E-state index contributed by atoms with van der Waals surface area (Å²) in [6.45, 7) is 7.31. The molecule has 108 valence electrons. The first-order valence-corrected chi connectivity index (χ1v) is 6.81. The van der Waals surface area contributed by atoms with Crippen molar-refractivity contribution in [3.8, 4) is 0 Å². The van der Waals surface area contributed by atoms with Crippen LogP contribution in [0.1, 0.15) is 6.92 Å². The average Bonchev–Trinajstić information content (AvgIpc) is 2.66. The molecule has 3 atom stereocenters. The molecular formula is C13H29N3O2. The van der Waals surface area contributed by atoms with Gasteiger partial charge in [0.05, 0.1) is 12.7 Å². The van der Waals surface area contributed by atoms with E-state index in [0.717, 1.165) is 26.2 Å². The van der Waals surface area contributed by atoms with Crippen LogP contribution in [0, 0.1) is 5.92 Å². The van der Waals surface area contributed by atoms with Gasteiger partial charge in [0.25, 0.3) is 0 Å². The van der Waals surface area contributed by atoms with Crippen molar-refractivity contribution in [1.82, 2.24) is 15.1 Å². The minimum atomic E-state index is -0.296. The van der Waals surface area contributed by atoms with E-state index < -0.39 is 0 Å². The van der Waals surface area contributed by atoms with Gasteiger partial charge in [0, 0.05) is 45.9 Å². The molecule has 1 aliphatic heterocycles. The molecule has 0 saturated carbocycles. The number of rotatable bonds is 8. The zero-order chi connectivity index (χ0) is 13.5. The number of β-amino-alcohol motifs (C(OH)–C–C–N with tert-alkyl or cyclic N) is 1. The molecule has 5 heteroatoms. The van der Waals surface area contributed by atoms with Gasteiger partial charge in [-0.1, -0.05) is 6.92 Å². The molecule has 1 heterocycles. The molecule has 0 aromatic heterocycles. The quantitative estimate of drug-likeness (QED) is 0.574. The Balaban J connectivity index is 2.19. The van der Waals surface area contributed by atoms with Crippen molar-refractivity contribution in [1.29, 1.82) is 0 Å². The highest BCUT2D eigenvalue weighted by atomic mass is 16.5. The van der Waals surface area contributed by atoms with E-state index in [2.05, 4.69) is 36.1 Å². The van der Waals surface area contributed by atoms with Crippen molar-refractivity contribution in [2.75, 3.05) is 60.5 Å². The third-order valence-electron chi connectivity index (χ3n) is 3.64. The zero-order valence-corrected chi connectivity index (χ0v) is 12.2. The van der Waals surface area contributed by atoms with E-state index in [1.807, 2.05) is 0 Å². The number of nitrogens with zero attached hydrogens (tertiary/aromatic N) is 2. The Hall–Kier alpha value is -0.200. The maximum Gasteiger partial charge on any atom is 0.0791 e. The maximum atomic E-state index is 9.96. The van der Waals surface area contributed by atoms with E-state index >= 15 is 0 Å². The molecule has 0 radical (unpaired) electrons. The maximum absolute atomic E-state index is 9.96. The van der Waals surface area contributed by atoms with Crippen molar-refractivity contribution >= 4 is 0 Å². The summed E-state index contributed by atoms with van der Waals surface area (Å²) in [6, 6.07) is 0.610. The normalized spacial score (nSPS) is 27.0. The van der Waals surface area contributed by atoms with Gasteiger partial charge in [0.2, 0.25) is 0 Å². The molecule has 0 aromatic rings. The van der Waals surface area contributed by atoms with Crippen LogP contribution in [0.2, 0.25) is 0 Å². The van der Waals surface area contributed by atoms with Gasteiger partial charge in [-0.2, -0.15) is 0 Å². The topological polar surface area (TPSA) is 48.0 Å². The fraction of sp³-hybridized carbons (Fsp3) is 1.00. The Kier molecular flexibility index (Phi) is 7.11. The molecule has 1 fully saturated rings. The smallest absolute Gasteiger partial charge is 0.0791 e. The number of likely N-dealkylation sites (tertiary alicyclic amines) is 1. The van der Waals surface area contributed by atoms with Gasteiger partial charge in [-0.3, -0.25) is 4.90 Å². The van der Waals surface area contributed by atoms with Crippen molar-refractivity contribution in [2.45, 2.75) is 19.1 Å². The highest BCUT2D eigenvalue weighted by Crippen LogP contribution is 2.19. The number of aliphatic hydroxyl groups excluding tert-OH is 1. The van der Waals surface area contributed by atoms with Crippen molar-refractivity contribution < 1.29 is 9.84 Å². The third-order valence-corrected chi connectivity index (χ3v) is 3.64. The number of hydrogen-bond donors (Lipinski definition) is 2. The van der Waals surface area contributed by atoms with Crippen molar-refractivity contribution in [3.05, 3.63) is 0 Å². The van der Waals surface area contributed by atoms with Crippen LogP contribution in [0.5, 0.6) is 0 Å². The Bertz CT molecular complexity index is 226. The van der Waals surface area contributed by atoms with Gasteiger partial charge in [-0.15, -0.1) is 0 Å². The van der Waals surface area contributed by atoms with Crippen LogP contribution in [0.4, 0.5) is 0 Å². The van der Waals surface area contributed by atoms with Gasteiger partial charge >= 0.3 is 0 Å². The Morgan fingerprint density at radius 1 is 1.44 bits per heavy atom. The molecule has 0 spiro atoms. The average molecular weight is 259 g/mol. The first kappa shape index (κ1) is 15.9. The predicted molar refractivity (Wildman–Crippen MR) is 73.8 cm³/mol. The number of nitrogens with one attached hydrogen (secondary N) is 1. The SMILES string of the molecule is COCCNCC(O)CN1CC(C)C(N(C)C)C1. The molecule has 2 N–H and O–H groups in total. The van der Waals surface area contributed by atoms with E-state index in [4.69, 9.17) is 4.74 Å². The molecule has 1 aliphatic rings. The van der Waals surface area contributed by atoms with E-state index in [9.17, 15) is 5.11 Å². The lowest BCUT2D eigenvalue weighted by molar-refractivity contribution is 0.116. The molecule has 1 saturated heterocycles. The molecule has 18 heavy (non-hydrogen) atoms. The summed E-state index contributed by atoms with van der Waals surface area (Å²) in [5.41, 5.74) is 0. The Labute approximate surface area is 111 Å². The highest BCUT2D eigenvalue weighted by molar-refractivity contribution is 4.87. The molecule has 5 nitrogen and oxygen atoms in total. The Morgan fingerprint density at radius 2 is 2.17 bits per heavy atom. The van der Waals surface area contributed by atoms with Crippen LogP contribution in [0.15, 0.2) is 0 Å². The first-order valence-electron chi connectivity index (χ1n) is 6.81. The first-order chi connectivity index (χ1) is 8.54. The number of ether oxygens (including phenoxy) is 1. The number of methoxy groups -OCH3 is 1. The number of likely N-dealkylation sites (N-methyl/N-ethyl adjacent to an activating group) is 1. The fourth-order valence-electron chi connectivity index (χ4n) is 2.67. The van der Waals surface area contributed by atoms with Crippen LogP contribution >= 0.6 is 0 Å². The van der Waals surface area contributed by atoms with E-state index in [0.29, 0.717) is 25.1 Å². The van der Waals surface area contributed by atoms with Gasteiger partial charge in [0.1, 0.15) is 0 Å². The minimum Gasteiger partial charge on any atom is -0.390 e. The third kappa shape index (κ3) is 5.20. The molecule has 1 rings (SSSR count). The molecule has 3 unspecified atom stereocenters. The summed E-state index contributed by atoms with van der Waals surface area (Å²) >= 11 is 0. The largest absolute Gasteiger partial charge is 0.390 e. The standard InChI is InChI=1S/C13H29N3O2/c1-11-8-16(10-13(11)15(2)3)9-12(17)7-14-5-6-18-4/h11-14,17H,5-10H2,1-4H3. The molecule has 0 aromatic carbocycles. The van der Waals surface area contributed by atoms with E-state index in [1.165, 1.54) is 0 Å². The molecule has 0 aliphatic carbocycles. The van der Waals surface area contributed by atoms with Crippen LogP contribution in [0.3, 0.4) is 0 Å². The molecule has 0 amide bonds. The fourth-order valence-corrected chi connectivity index (χ4v) is 2.67. The van der Waals surface area contributed by atoms with Crippen LogP contribution in [0.25, 0.3) is 0 Å². The lowest BCUT2D eigenvalue weighted by Gasteiger charge is -2.23. The number of hydrogen-bond acceptors (Lipinski definition) is 5. The summed E-state index contributed by atoms with van der Waals surface area (Å²) in [5, 5.41) is 13.2. The highest BCUT2D eigenvalue weighted by Gasteiger charge is 2.31. The lowest BCUT2D eigenvalue weighted by atomic mass is 10.1. The van der Waals surface area contributed by atoms with E-state index in [-0.39, 0.29) is 6.10 Å². The summed E-state index contributed by atoms with van der Waals surface area (Å²) in [5.74, 6) is 0.675. The lowest BCUT2D eigenvalue weighted by Crippen LogP contribution is -2.39. The van der Waals surface area contributed by atoms with Gasteiger partial charge in [-0.25, -0.2) is 0 Å². The molecule has 0 bridgehead atoms. The van der Waals surface area contributed by atoms with Gasteiger partial charge in [0.15, 0.2) is 0 Å². The van der Waals surface area contributed by atoms with Crippen LogP contribution < -0.4 is 5.32 Å². The number of aliphatic hydroxyl groups is 1. The second-order valence-corrected chi connectivity index (χ2v) is 5.58. The zero-order valence-electron chi connectivity index (χ0n) is 12.2. The summed E-state index contributed by atoms with van der Waals surface area (Å²) in [4.78, 5) is 4.64. The monoisotopic (exact) mass is 259 g/mol. The van der Waals surface area contributed by atoms with Crippen molar-refractivity contribution in [3.63, 3.8) is 0 Å².